The summed E-state index contributed by atoms with van der Waals surface area (Å²) >= 11 is 0. The Labute approximate surface area is 310 Å². The van der Waals surface area contributed by atoms with Crippen LogP contribution in [-0.4, -0.2) is 0 Å². The Morgan fingerprint density at radius 1 is 0.222 bits per heavy atom. The van der Waals surface area contributed by atoms with E-state index >= 15 is 0 Å². The van der Waals surface area contributed by atoms with Crippen LogP contribution in [0.3, 0.4) is 0 Å². The van der Waals surface area contributed by atoms with Crippen LogP contribution in [0, 0.1) is 0 Å². The summed E-state index contributed by atoms with van der Waals surface area (Å²) in [4.78, 5) is 0. The Morgan fingerprint density at radius 2 is 0.537 bits per heavy atom. The van der Waals surface area contributed by atoms with Crippen molar-refractivity contribution in [3.63, 3.8) is 0 Å². The van der Waals surface area contributed by atoms with Crippen molar-refractivity contribution in [1.82, 2.24) is 0 Å². The molecule has 0 aliphatic carbocycles. The highest BCUT2D eigenvalue weighted by Crippen LogP contribution is 2.41. The van der Waals surface area contributed by atoms with Crippen molar-refractivity contribution in [2.75, 3.05) is 0 Å². The molecule has 0 N–H and O–H groups in total. The van der Waals surface area contributed by atoms with Gasteiger partial charge in [-0.3, -0.25) is 0 Å². The molecule has 0 atom stereocenters. The minimum absolute atomic E-state index is 0.886. The highest BCUT2D eigenvalue weighted by molar-refractivity contribution is 6.17. The standard InChI is InChI=1S/C52H30O2/c1-3-11-37-33(9-1)27-43(41-15-7-5-13-39(37)41)35-19-23-51-47(29-35)45-25-31(17-21-49(45)53-51)32-18-22-50-46(26-32)48-30-36(20-24-52(48)54-50)44-28-34-10-2-4-12-38(34)40-14-6-8-16-42(40)44/h1-30H. The first kappa shape index (κ1) is 29.4. The van der Waals surface area contributed by atoms with Crippen molar-refractivity contribution < 1.29 is 8.83 Å². The second kappa shape index (κ2) is 11.2. The van der Waals surface area contributed by atoms with Gasteiger partial charge in [0.05, 0.1) is 0 Å². The van der Waals surface area contributed by atoms with Crippen LogP contribution in [-0.2, 0) is 0 Å². The number of benzene rings is 10. The summed E-state index contributed by atoms with van der Waals surface area (Å²) in [5, 5.41) is 14.5. The molecule has 0 amide bonds. The Hall–Kier alpha value is -7.16. The zero-order valence-corrected chi connectivity index (χ0v) is 29.1. The van der Waals surface area contributed by atoms with E-state index in [4.69, 9.17) is 8.83 Å². The third-order valence-electron chi connectivity index (χ3n) is 11.4. The first-order chi connectivity index (χ1) is 26.7. The molecule has 0 saturated carbocycles. The van der Waals surface area contributed by atoms with Crippen LogP contribution < -0.4 is 0 Å². The molecule has 0 unspecified atom stereocenters. The van der Waals surface area contributed by atoms with Crippen LogP contribution >= 0.6 is 0 Å². The monoisotopic (exact) mass is 686 g/mol. The Morgan fingerprint density at radius 3 is 0.944 bits per heavy atom. The van der Waals surface area contributed by atoms with Crippen LogP contribution in [0.15, 0.2) is 191 Å². The molecule has 12 aromatic rings. The summed E-state index contributed by atoms with van der Waals surface area (Å²) in [6.07, 6.45) is 0. The fourth-order valence-electron chi connectivity index (χ4n) is 8.84. The average Bonchev–Trinajstić information content (AvgIpc) is 3.80. The van der Waals surface area contributed by atoms with E-state index in [0.717, 1.165) is 55.0 Å². The predicted octanol–water partition coefficient (Wildman–Crippen LogP) is 15.1. The van der Waals surface area contributed by atoms with Gasteiger partial charge in [-0.15, -0.1) is 0 Å². The lowest BCUT2D eigenvalue weighted by molar-refractivity contribution is 0.668. The van der Waals surface area contributed by atoms with E-state index in [1.54, 1.807) is 0 Å². The highest BCUT2D eigenvalue weighted by Gasteiger charge is 2.16. The van der Waals surface area contributed by atoms with Gasteiger partial charge in [-0.2, -0.15) is 0 Å². The molecule has 0 radical (unpaired) electrons. The summed E-state index contributed by atoms with van der Waals surface area (Å²) in [6, 6.07) is 65.7. The molecule has 2 heteroatoms. The van der Waals surface area contributed by atoms with Crippen LogP contribution in [0.25, 0.3) is 120 Å². The largest absolute Gasteiger partial charge is 0.456 e. The molecule has 12 rings (SSSR count). The molecular formula is C52H30O2. The second-order valence-corrected chi connectivity index (χ2v) is 14.4. The van der Waals surface area contributed by atoms with Gasteiger partial charge < -0.3 is 8.83 Å². The lowest BCUT2D eigenvalue weighted by Crippen LogP contribution is -1.85. The van der Waals surface area contributed by atoms with Crippen molar-refractivity contribution in [3.8, 4) is 33.4 Å². The fourth-order valence-corrected chi connectivity index (χ4v) is 8.84. The van der Waals surface area contributed by atoms with Gasteiger partial charge in [-0.05, 0) is 137 Å². The van der Waals surface area contributed by atoms with Crippen LogP contribution in [0.5, 0.6) is 0 Å². The lowest BCUT2D eigenvalue weighted by Gasteiger charge is -2.11. The van der Waals surface area contributed by atoms with Crippen LogP contribution in [0.4, 0.5) is 0 Å². The van der Waals surface area contributed by atoms with Crippen LogP contribution in [0.1, 0.15) is 0 Å². The third-order valence-corrected chi connectivity index (χ3v) is 11.4. The van der Waals surface area contributed by atoms with Gasteiger partial charge in [0.1, 0.15) is 22.3 Å². The molecule has 0 aliphatic rings. The molecule has 0 spiro atoms. The Bertz CT molecular complexity index is 3270. The van der Waals surface area contributed by atoms with E-state index < -0.39 is 0 Å². The minimum Gasteiger partial charge on any atom is -0.456 e. The van der Waals surface area contributed by atoms with E-state index in [-0.39, 0.29) is 0 Å². The van der Waals surface area contributed by atoms with Crippen molar-refractivity contribution in [2.24, 2.45) is 0 Å². The zero-order valence-electron chi connectivity index (χ0n) is 29.1. The summed E-state index contributed by atoms with van der Waals surface area (Å²) in [5.41, 5.74) is 10.6. The smallest absolute Gasteiger partial charge is 0.135 e. The molecule has 0 fully saturated rings. The maximum atomic E-state index is 6.40. The van der Waals surface area contributed by atoms with Crippen molar-refractivity contribution >= 4 is 87.0 Å². The van der Waals surface area contributed by atoms with Gasteiger partial charge in [-0.1, -0.05) is 121 Å². The summed E-state index contributed by atoms with van der Waals surface area (Å²) < 4.78 is 12.8. The third kappa shape index (κ3) is 4.34. The molecule has 2 nitrogen and oxygen atoms in total. The first-order valence-corrected chi connectivity index (χ1v) is 18.5. The maximum absolute atomic E-state index is 6.40. The molecule has 250 valence electrons. The number of hydrogen-bond acceptors (Lipinski definition) is 2. The average molecular weight is 687 g/mol. The van der Waals surface area contributed by atoms with E-state index in [2.05, 4.69) is 182 Å². The lowest BCUT2D eigenvalue weighted by atomic mass is 9.92. The Kier molecular flexibility index (Phi) is 6.09. The van der Waals surface area contributed by atoms with E-state index in [9.17, 15) is 0 Å². The molecule has 0 saturated heterocycles. The minimum atomic E-state index is 0.886. The van der Waals surface area contributed by atoms with Gasteiger partial charge in [0.15, 0.2) is 0 Å². The second-order valence-electron chi connectivity index (χ2n) is 14.4. The Balaban J connectivity index is 0.999. The van der Waals surface area contributed by atoms with Gasteiger partial charge in [0.2, 0.25) is 0 Å². The van der Waals surface area contributed by atoms with E-state index in [1.807, 2.05) is 0 Å². The molecule has 0 bridgehead atoms. The molecule has 2 heterocycles. The van der Waals surface area contributed by atoms with E-state index in [1.165, 1.54) is 65.3 Å². The summed E-state index contributed by atoms with van der Waals surface area (Å²) in [5.74, 6) is 0. The van der Waals surface area contributed by atoms with Crippen molar-refractivity contribution in [3.05, 3.63) is 182 Å². The van der Waals surface area contributed by atoms with Gasteiger partial charge >= 0.3 is 0 Å². The summed E-state index contributed by atoms with van der Waals surface area (Å²) in [7, 11) is 0. The maximum Gasteiger partial charge on any atom is 0.135 e. The van der Waals surface area contributed by atoms with Crippen molar-refractivity contribution in [2.45, 2.75) is 0 Å². The number of fused-ring (bicyclic) bond motifs is 12. The summed E-state index contributed by atoms with van der Waals surface area (Å²) in [6.45, 7) is 0. The fraction of sp³-hybridized carbons (Fsp3) is 0. The highest BCUT2D eigenvalue weighted by atomic mass is 16.3. The number of furan rings is 2. The number of rotatable bonds is 3. The predicted molar refractivity (Wildman–Crippen MR) is 227 cm³/mol. The molecule has 2 aromatic heterocycles. The topological polar surface area (TPSA) is 26.3 Å². The normalized spacial score (nSPS) is 12.1. The quantitative estimate of drug-likeness (QED) is 0.173. The van der Waals surface area contributed by atoms with Crippen molar-refractivity contribution in [1.29, 1.82) is 0 Å². The van der Waals surface area contributed by atoms with Gasteiger partial charge in [0, 0.05) is 21.5 Å². The molecular weight excluding hydrogens is 657 g/mol. The first-order valence-electron chi connectivity index (χ1n) is 18.5. The van der Waals surface area contributed by atoms with Gasteiger partial charge in [0.25, 0.3) is 0 Å². The molecule has 0 aliphatic heterocycles. The number of hydrogen-bond donors (Lipinski definition) is 0. The molecule has 54 heavy (non-hydrogen) atoms. The van der Waals surface area contributed by atoms with Gasteiger partial charge in [-0.25, -0.2) is 0 Å². The zero-order chi connectivity index (χ0) is 35.3. The van der Waals surface area contributed by atoms with E-state index in [0.29, 0.717) is 0 Å². The SMILES string of the molecule is c1ccc2c(c1)cc(-c1ccc3oc4ccc(-c5ccc6oc7ccc(-c8cc9ccccc9c9ccccc89)cc7c6c5)cc4c3c1)c1ccccc12. The van der Waals surface area contributed by atoms with Crippen LogP contribution in [0.2, 0.25) is 0 Å². The molecule has 10 aromatic carbocycles.